The Bertz CT molecular complexity index is 139. The normalized spacial score (nSPS) is 12.5. The van der Waals surface area contributed by atoms with Crippen LogP contribution in [0.2, 0.25) is 0 Å². The van der Waals surface area contributed by atoms with Crippen molar-refractivity contribution in [2.75, 3.05) is 6.54 Å². The van der Waals surface area contributed by atoms with Gasteiger partial charge in [-0.25, -0.2) is 0 Å². The van der Waals surface area contributed by atoms with Crippen LogP contribution >= 0.6 is 0 Å². The number of hydrogen-bond donors (Lipinski definition) is 1. The average molecular weight is 153 g/mol. The fourth-order valence-corrected chi connectivity index (χ4v) is 1.10. The minimum absolute atomic E-state index is 0.593. The molecular weight excluding hydrogens is 134 g/mol. The molecule has 0 rings (SSSR count). The van der Waals surface area contributed by atoms with Crippen LogP contribution in [0.25, 0.3) is 0 Å². The van der Waals surface area contributed by atoms with Crippen LogP contribution in [-0.2, 0) is 0 Å². The predicted molar refractivity (Wildman–Crippen MR) is 50.4 cm³/mol. The third-order valence-electron chi connectivity index (χ3n) is 1.54. The first kappa shape index (κ1) is 10.5. The smallest absolute Gasteiger partial charge is 0.0578 e. The molecule has 0 spiro atoms. The predicted octanol–water partition coefficient (Wildman–Crippen LogP) is 2.03. The van der Waals surface area contributed by atoms with Crippen molar-refractivity contribution in [2.45, 2.75) is 40.2 Å². The molecule has 0 aromatic carbocycles. The highest BCUT2D eigenvalue weighted by molar-refractivity contribution is 4.97. The molecule has 0 radical (unpaired) electrons. The molecule has 1 atom stereocenters. The molecule has 0 bridgehead atoms. The Morgan fingerprint density at radius 1 is 1.27 bits per heavy atom. The summed E-state index contributed by atoms with van der Waals surface area (Å²) in [5.74, 6) is 6.63. The van der Waals surface area contributed by atoms with Crippen molar-refractivity contribution in [2.24, 2.45) is 5.92 Å². The Morgan fingerprint density at radius 2 is 1.91 bits per heavy atom. The van der Waals surface area contributed by atoms with E-state index in [-0.39, 0.29) is 0 Å². The van der Waals surface area contributed by atoms with Crippen molar-refractivity contribution in [1.29, 1.82) is 0 Å². The highest BCUT2D eigenvalue weighted by Gasteiger charge is 2.01. The largest absolute Gasteiger partial charge is 0.304 e. The van der Waals surface area contributed by atoms with Gasteiger partial charge in [-0.3, -0.25) is 0 Å². The molecule has 0 saturated carbocycles. The lowest BCUT2D eigenvalue weighted by molar-refractivity contribution is 0.459. The molecule has 0 aromatic heterocycles. The Hall–Kier alpha value is -0.480. The van der Waals surface area contributed by atoms with Gasteiger partial charge in [0, 0.05) is 6.04 Å². The molecule has 64 valence electrons. The monoisotopic (exact) mass is 153 g/mol. The fraction of sp³-hybridized carbons (Fsp3) is 0.800. The first-order valence-electron chi connectivity index (χ1n) is 4.29. The summed E-state index contributed by atoms with van der Waals surface area (Å²) < 4.78 is 0. The SMILES string of the molecule is CC#CCNC(C)CC(C)C. The topological polar surface area (TPSA) is 12.0 Å². The van der Waals surface area contributed by atoms with Gasteiger partial charge < -0.3 is 5.32 Å². The molecule has 0 saturated heterocycles. The zero-order valence-electron chi connectivity index (χ0n) is 8.07. The standard InChI is InChI=1S/C10H19N/c1-5-6-7-11-10(4)8-9(2)3/h9-11H,7-8H2,1-4H3. The zero-order valence-corrected chi connectivity index (χ0v) is 8.07. The van der Waals surface area contributed by atoms with Gasteiger partial charge in [0.05, 0.1) is 6.54 Å². The summed E-state index contributed by atoms with van der Waals surface area (Å²) in [7, 11) is 0. The second kappa shape index (κ2) is 6.24. The number of nitrogens with one attached hydrogen (secondary N) is 1. The van der Waals surface area contributed by atoms with E-state index in [1.54, 1.807) is 0 Å². The van der Waals surface area contributed by atoms with Crippen LogP contribution in [0.1, 0.15) is 34.1 Å². The van der Waals surface area contributed by atoms with Gasteiger partial charge in [-0.15, -0.1) is 5.92 Å². The summed E-state index contributed by atoms with van der Waals surface area (Å²) in [6, 6.07) is 0.593. The third kappa shape index (κ3) is 7.42. The van der Waals surface area contributed by atoms with E-state index in [1.807, 2.05) is 6.92 Å². The van der Waals surface area contributed by atoms with Crippen molar-refractivity contribution >= 4 is 0 Å². The summed E-state index contributed by atoms with van der Waals surface area (Å²) in [6.07, 6.45) is 1.23. The lowest BCUT2D eigenvalue weighted by Crippen LogP contribution is -2.27. The molecule has 1 unspecified atom stereocenters. The van der Waals surface area contributed by atoms with E-state index in [4.69, 9.17) is 0 Å². The van der Waals surface area contributed by atoms with Crippen LogP contribution in [0.5, 0.6) is 0 Å². The van der Waals surface area contributed by atoms with Gasteiger partial charge in [-0.1, -0.05) is 19.8 Å². The highest BCUT2D eigenvalue weighted by atomic mass is 14.9. The third-order valence-corrected chi connectivity index (χ3v) is 1.54. The lowest BCUT2D eigenvalue weighted by Gasteiger charge is -2.13. The minimum atomic E-state index is 0.593. The maximum absolute atomic E-state index is 3.34. The molecule has 0 aliphatic heterocycles. The summed E-state index contributed by atoms with van der Waals surface area (Å²) in [5, 5.41) is 3.34. The zero-order chi connectivity index (χ0) is 8.69. The van der Waals surface area contributed by atoms with Gasteiger partial charge in [0.2, 0.25) is 0 Å². The Morgan fingerprint density at radius 3 is 2.36 bits per heavy atom. The lowest BCUT2D eigenvalue weighted by atomic mass is 10.1. The molecule has 1 nitrogen and oxygen atoms in total. The summed E-state index contributed by atoms with van der Waals surface area (Å²) in [4.78, 5) is 0. The van der Waals surface area contributed by atoms with Crippen LogP contribution in [0.4, 0.5) is 0 Å². The first-order chi connectivity index (χ1) is 5.16. The van der Waals surface area contributed by atoms with Crippen LogP contribution in [0.3, 0.4) is 0 Å². The van der Waals surface area contributed by atoms with Crippen LogP contribution in [0.15, 0.2) is 0 Å². The maximum Gasteiger partial charge on any atom is 0.0578 e. The number of rotatable bonds is 4. The van der Waals surface area contributed by atoms with Crippen molar-refractivity contribution in [1.82, 2.24) is 5.32 Å². The fourth-order valence-electron chi connectivity index (χ4n) is 1.10. The molecule has 11 heavy (non-hydrogen) atoms. The van der Waals surface area contributed by atoms with E-state index in [0.717, 1.165) is 12.5 Å². The van der Waals surface area contributed by atoms with Crippen molar-refractivity contribution in [3.05, 3.63) is 0 Å². The number of hydrogen-bond acceptors (Lipinski definition) is 1. The van der Waals surface area contributed by atoms with Gasteiger partial charge >= 0.3 is 0 Å². The summed E-state index contributed by atoms with van der Waals surface area (Å²) in [6.45, 7) is 9.38. The van der Waals surface area contributed by atoms with Gasteiger partial charge in [-0.05, 0) is 26.2 Å². The second-order valence-electron chi connectivity index (χ2n) is 3.34. The summed E-state index contributed by atoms with van der Waals surface area (Å²) >= 11 is 0. The maximum atomic E-state index is 3.34. The van der Waals surface area contributed by atoms with Crippen LogP contribution in [-0.4, -0.2) is 12.6 Å². The first-order valence-corrected chi connectivity index (χ1v) is 4.29. The van der Waals surface area contributed by atoms with Crippen molar-refractivity contribution < 1.29 is 0 Å². The van der Waals surface area contributed by atoms with E-state index in [2.05, 4.69) is 37.9 Å². The van der Waals surface area contributed by atoms with Gasteiger partial charge in [0.15, 0.2) is 0 Å². The molecule has 0 aliphatic rings. The van der Waals surface area contributed by atoms with E-state index in [1.165, 1.54) is 6.42 Å². The van der Waals surface area contributed by atoms with Gasteiger partial charge in [0.1, 0.15) is 0 Å². The van der Waals surface area contributed by atoms with Crippen LogP contribution < -0.4 is 5.32 Å². The van der Waals surface area contributed by atoms with Gasteiger partial charge in [-0.2, -0.15) is 0 Å². The minimum Gasteiger partial charge on any atom is -0.304 e. The molecule has 1 N–H and O–H groups in total. The van der Waals surface area contributed by atoms with E-state index < -0.39 is 0 Å². The van der Waals surface area contributed by atoms with E-state index >= 15 is 0 Å². The Kier molecular flexibility index (Phi) is 5.97. The molecule has 1 heteroatoms. The molecule has 0 fully saturated rings. The summed E-state index contributed by atoms with van der Waals surface area (Å²) in [5.41, 5.74) is 0. The molecule has 0 aromatic rings. The molecular formula is C10H19N. The average Bonchev–Trinajstić information content (AvgIpc) is 1.86. The molecule has 0 amide bonds. The molecule has 0 heterocycles. The van der Waals surface area contributed by atoms with Crippen LogP contribution in [0, 0.1) is 17.8 Å². The van der Waals surface area contributed by atoms with E-state index in [9.17, 15) is 0 Å². The highest BCUT2D eigenvalue weighted by Crippen LogP contribution is 2.02. The quantitative estimate of drug-likeness (QED) is 0.609. The Balaban J connectivity index is 3.34. The van der Waals surface area contributed by atoms with Crippen molar-refractivity contribution in [3.63, 3.8) is 0 Å². The Labute approximate surface area is 70.6 Å². The molecule has 0 aliphatic carbocycles. The van der Waals surface area contributed by atoms with Crippen molar-refractivity contribution in [3.8, 4) is 11.8 Å². The second-order valence-corrected chi connectivity index (χ2v) is 3.34. The van der Waals surface area contributed by atoms with E-state index in [0.29, 0.717) is 6.04 Å². The van der Waals surface area contributed by atoms with Gasteiger partial charge in [0.25, 0.3) is 0 Å².